The zero-order valence-electron chi connectivity index (χ0n) is 8.22. The van der Waals surface area contributed by atoms with E-state index in [1.807, 2.05) is 41.1 Å². The lowest BCUT2D eigenvalue weighted by Crippen LogP contribution is -2.00. The molecule has 1 heterocycles. The maximum atomic E-state index is 8.84. The standard InChI is InChI=1S/C12H11N3/c13-8-12-5-2-6-15(12)9-10-3-1-4-11(14)7-10/h1-7H,9,14H2. The molecule has 0 radical (unpaired) electrons. The van der Waals surface area contributed by atoms with Crippen LogP contribution in [0.5, 0.6) is 0 Å². The molecule has 3 nitrogen and oxygen atoms in total. The van der Waals surface area contributed by atoms with Gasteiger partial charge in [0.05, 0.1) is 0 Å². The number of hydrogen-bond donors (Lipinski definition) is 1. The molecule has 3 heteroatoms. The number of anilines is 1. The molecule has 0 amide bonds. The summed E-state index contributed by atoms with van der Waals surface area (Å²) in [6.45, 7) is 0.681. The van der Waals surface area contributed by atoms with Crippen LogP contribution in [0.3, 0.4) is 0 Å². The summed E-state index contributed by atoms with van der Waals surface area (Å²) in [5, 5.41) is 8.84. The van der Waals surface area contributed by atoms with Crippen molar-refractivity contribution in [2.45, 2.75) is 6.54 Å². The second-order valence-electron chi connectivity index (χ2n) is 3.38. The molecule has 2 aromatic rings. The highest BCUT2D eigenvalue weighted by molar-refractivity contribution is 5.41. The molecule has 0 unspecified atom stereocenters. The topological polar surface area (TPSA) is 54.7 Å². The van der Waals surface area contributed by atoms with Gasteiger partial charge in [0.25, 0.3) is 0 Å². The van der Waals surface area contributed by atoms with Crippen LogP contribution in [-0.2, 0) is 6.54 Å². The highest BCUT2D eigenvalue weighted by Crippen LogP contribution is 2.10. The number of nitrogens with two attached hydrogens (primary N) is 1. The second kappa shape index (κ2) is 3.89. The van der Waals surface area contributed by atoms with Crippen molar-refractivity contribution < 1.29 is 0 Å². The lowest BCUT2D eigenvalue weighted by molar-refractivity contribution is 0.794. The molecule has 0 spiro atoms. The van der Waals surface area contributed by atoms with Crippen molar-refractivity contribution in [3.63, 3.8) is 0 Å². The molecule has 15 heavy (non-hydrogen) atoms. The van der Waals surface area contributed by atoms with Gasteiger partial charge in [-0.2, -0.15) is 5.26 Å². The second-order valence-corrected chi connectivity index (χ2v) is 3.38. The van der Waals surface area contributed by atoms with E-state index in [-0.39, 0.29) is 0 Å². The summed E-state index contributed by atoms with van der Waals surface area (Å²) < 4.78 is 1.90. The molecule has 0 aliphatic carbocycles. The van der Waals surface area contributed by atoms with Gasteiger partial charge in [-0.05, 0) is 29.8 Å². The van der Waals surface area contributed by atoms with Gasteiger partial charge in [0.15, 0.2) is 0 Å². The summed E-state index contributed by atoms with van der Waals surface area (Å²) in [5.74, 6) is 0. The third-order valence-electron chi connectivity index (χ3n) is 2.25. The van der Waals surface area contributed by atoms with Crippen molar-refractivity contribution in [3.05, 3.63) is 53.9 Å². The van der Waals surface area contributed by atoms with Crippen LogP contribution >= 0.6 is 0 Å². The lowest BCUT2D eigenvalue weighted by atomic mass is 10.2. The Kier molecular flexibility index (Phi) is 2.42. The SMILES string of the molecule is N#Cc1cccn1Cc1cccc(N)c1. The Morgan fingerprint density at radius 3 is 2.87 bits per heavy atom. The van der Waals surface area contributed by atoms with Gasteiger partial charge in [0, 0.05) is 18.4 Å². The first kappa shape index (κ1) is 9.35. The van der Waals surface area contributed by atoms with Crippen molar-refractivity contribution >= 4 is 5.69 Å². The minimum Gasteiger partial charge on any atom is -0.399 e. The van der Waals surface area contributed by atoms with Gasteiger partial charge in [0.2, 0.25) is 0 Å². The summed E-state index contributed by atoms with van der Waals surface area (Å²) >= 11 is 0. The highest BCUT2D eigenvalue weighted by atomic mass is 15.0. The van der Waals surface area contributed by atoms with E-state index in [4.69, 9.17) is 11.0 Å². The van der Waals surface area contributed by atoms with E-state index in [1.54, 1.807) is 6.07 Å². The Morgan fingerprint density at radius 1 is 1.27 bits per heavy atom. The monoisotopic (exact) mass is 197 g/mol. The molecule has 0 saturated carbocycles. The molecule has 0 aliphatic heterocycles. The number of nitrogen functional groups attached to an aromatic ring is 1. The summed E-state index contributed by atoms with van der Waals surface area (Å²) in [7, 11) is 0. The Bertz CT molecular complexity index is 506. The molecule has 0 atom stereocenters. The first-order valence-electron chi connectivity index (χ1n) is 4.69. The van der Waals surface area contributed by atoms with Gasteiger partial charge in [-0.3, -0.25) is 0 Å². The van der Waals surface area contributed by atoms with E-state index >= 15 is 0 Å². The van der Waals surface area contributed by atoms with E-state index in [0.29, 0.717) is 12.2 Å². The van der Waals surface area contributed by atoms with E-state index in [2.05, 4.69) is 6.07 Å². The van der Waals surface area contributed by atoms with E-state index in [0.717, 1.165) is 11.3 Å². The van der Waals surface area contributed by atoms with Gasteiger partial charge in [0.1, 0.15) is 11.8 Å². The fourth-order valence-electron chi connectivity index (χ4n) is 1.54. The predicted octanol–water partition coefficient (Wildman–Crippen LogP) is 1.99. The van der Waals surface area contributed by atoms with Crippen molar-refractivity contribution in [2.75, 3.05) is 5.73 Å². The minimum atomic E-state index is 0.664. The van der Waals surface area contributed by atoms with Crippen molar-refractivity contribution in [2.24, 2.45) is 0 Å². The largest absolute Gasteiger partial charge is 0.399 e. The first-order valence-corrected chi connectivity index (χ1v) is 4.69. The number of rotatable bonds is 2. The van der Waals surface area contributed by atoms with Gasteiger partial charge in [-0.1, -0.05) is 12.1 Å². The van der Waals surface area contributed by atoms with Crippen LogP contribution in [0.1, 0.15) is 11.3 Å². The summed E-state index contributed by atoms with van der Waals surface area (Å²) in [6, 6.07) is 13.5. The maximum absolute atomic E-state index is 8.84. The van der Waals surface area contributed by atoms with Gasteiger partial charge >= 0.3 is 0 Å². The molecule has 0 bridgehead atoms. The fraction of sp³-hybridized carbons (Fsp3) is 0.0833. The van der Waals surface area contributed by atoms with Crippen LogP contribution in [0.15, 0.2) is 42.6 Å². The van der Waals surface area contributed by atoms with Crippen LogP contribution in [0, 0.1) is 11.3 Å². The Hall–Kier alpha value is -2.21. The zero-order valence-corrected chi connectivity index (χ0v) is 8.22. The molecule has 1 aromatic carbocycles. The van der Waals surface area contributed by atoms with E-state index in [9.17, 15) is 0 Å². The van der Waals surface area contributed by atoms with E-state index < -0.39 is 0 Å². The minimum absolute atomic E-state index is 0.664. The van der Waals surface area contributed by atoms with Crippen LogP contribution in [0.25, 0.3) is 0 Å². The highest BCUT2D eigenvalue weighted by Gasteiger charge is 2.00. The van der Waals surface area contributed by atoms with Crippen molar-refractivity contribution in [1.29, 1.82) is 5.26 Å². The quantitative estimate of drug-likeness (QED) is 0.748. The molecule has 0 aliphatic rings. The van der Waals surface area contributed by atoms with Crippen LogP contribution in [-0.4, -0.2) is 4.57 Å². The molecule has 0 saturated heterocycles. The molecule has 74 valence electrons. The normalized spacial score (nSPS) is 9.80. The third kappa shape index (κ3) is 2.00. The first-order chi connectivity index (χ1) is 7.29. The average molecular weight is 197 g/mol. The van der Waals surface area contributed by atoms with Crippen LogP contribution < -0.4 is 5.73 Å². The number of benzene rings is 1. The van der Waals surface area contributed by atoms with Crippen LogP contribution in [0.2, 0.25) is 0 Å². The molecule has 1 aromatic heterocycles. The van der Waals surface area contributed by atoms with Gasteiger partial charge < -0.3 is 10.3 Å². The Labute approximate surface area is 88.4 Å². The zero-order chi connectivity index (χ0) is 10.7. The Balaban J connectivity index is 2.26. The Morgan fingerprint density at radius 2 is 2.13 bits per heavy atom. The molecule has 2 rings (SSSR count). The predicted molar refractivity (Wildman–Crippen MR) is 59.1 cm³/mol. The smallest absolute Gasteiger partial charge is 0.120 e. The molecular formula is C12H11N3. The van der Waals surface area contributed by atoms with Gasteiger partial charge in [-0.15, -0.1) is 0 Å². The lowest BCUT2D eigenvalue weighted by Gasteiger charge is -2.05. The maximum Gasteiger partial charge on any atom is 0.120 e. The molecular weight excluding hydrogens is 186 g/mol. The summed E-state index contributed by atoms with van der Waals surface area (Å²) in [5.41, 5.74) is 8.20. The summed E-state index contributed by atoms with van der Waals surface area (Å²) in [6.07, 6.45) is 1.89. The summed E-state index contributed by atoms with van der Waals surface area (Å²) in [4.78, 5) is 0. The average Bonchev–Trinajstić information content (AvgIpc) is 2.65. The number of aromatic nitrogens is 1. The van der Waals surface area contributed by atoms with Crippen molar-refractivity contribution in [3.8, 4) is 6.07 Å². The fourth-order valence-corrected chi connectivity index (χ4v) is 1.54. The van der Waals surface area contributed by atoms with Crippen LogP contribution in [0.4, 0.5) is 5.69 Å². The third-order valence-corrected chi connectivity index (χ3v) is 2.25. The molecule has 2 N–H and O–H groups in total. The van der Waals surface area contributed by atoms with Crippen molar-refractivity contribution in [1.82, 2.24) is 4.57 Å². The number of hydrogen-bond acceptors (Lipinski definition) is 2. The van der Waals surface area contributed by atoms with Gasteiger partial charge in [-0.25, -0.2) is 0 Å². The molecule has 0 fully saturated rings. The number of nitriles is 1. The number of nitrogens with zero attached hydrogens (tertiary/aromatic N) is 2. The van der Waals surface area contributed by atoms with E-state index in [1.165, 1.54) is 0 Å².